The lowest BCUT2D eigenvalue weighted by molar-refractivity contribution is -0.132. The van der Waals surface area contributed by atoms with Gasteiger partial charge in [-0.3, -0.25) is 4.79 Å². The third kappa shape index (κ3) is 4.60. The van der Waals surface area contributed by atoms with Crippen molar-refractivity contribution in [2.24, 2.45) is 0 Å². The first-order valence-corrected chi connectivity index (χ1v) is 10.3. The lowest BCUT2D eigenvalue weighted by Gasteiger charge is -2.36. The highest BCUT2D eigenvalue weighted by Gasteiger charge is 2.23. The minimum atomic E-state index is -0.00779. The van der Waals surface area contributed by atoms with Crippen LogP contribution in [0.1, 0.15) is 0 Å². The number of aromatic nitrogens is 4. The molecule has 0 bridgehead atoms. The molecule has 162 valence electrons. The molecule has 1 aliphatic rings. The van der Waals surface area contributed by atoms with Gasteiger partial charge >= 0.3 is 0 Å². The fourth-order valence-corrected chi connectivity index (χ4v) is 3.64. The molecule has 1 aliphatic heterocycles. The molecule has 1 saturated heterocycles. The van der Waals surface area contributed by atoms with Crippen LogP contribution in [-0.4, -0.2) is 78.4 Å². The standard InChI is InChI=1S/C22H27N7O2/c1-26(2)18-10-8-17(9-11-18)22-23-25-29(24-22)16-21(30)28-14-12-27(13-15-28)19-6-4-5-7-20(19)31-3/h4-11H,12-16H2,1-3H3. The number of piperazine rings is 1. The van der Waals surface area contributed by atoms with E-state index in [4.69, 9.17) is 4.74 Å². The Kier molecular flexibility index (Phi) is 6.01. The van der Waals surface area contributed by atoms with Crippen LogP contribution in [0.5, 0.6) is 5.75 Å². The molecule has 9 nitrogen and oxygen atoms in total. The van der Waals surface area contributed by atoms with Crippen molar-refractivity contribution in [1.82, 2.24) is 25.1 Å². The number of methoxy groups -OCH3 is 1. The zero-order valence-corrected chi connectivity index (χ0v) is 18.1. The van der Waals surface area contributed by atoms with Crippen molar-refractivity contribution in [2.75, 3.05) is 57.2 Å². The Morgan fingerprint density at radius 2 is 1.74 bits per heavy atom. The fraction of sp³-hybridized carbons (Fsp3) is 0.364. The molecule has 31 heavy (non-hydrogen) atoms. The molecule has 1 amide bonds. The first-order chi connectivity index (χ1) is 15.0. The highest BCUT2D eigenvalue weighted by Crippen LogP contribution is 2.28. The number of carbonyl (C=O) groups excluding carboxylic acids is 1. The van der Waals surface area contributed by atoms with Gasteiger partial charge in [-0.15, -0.1) is 10.2 Å². The van der Waals surface area contributed by atoms with Crippen LogP contribution >= 0.6 is 0 Å². The minimum absolute atomic E-state index is 0.00779. The van der Waals surface area contributed by atoms with Crippen molar-refractivity contribution in [3.05, 3.63) is 48.5 Å². The SMILES string of the molecule is COc1ccccc1N1CCN(C(=O)Cn2nnc(-c3ccc(N(C)C)cc3)n2)CC1. The van der Waals surface area contributed by atoms with E-state index >= 15 is 0 Å². The van der Waals surface area contributed by atoms with Gasteiger partial charge in [0.15, 0.2) is 0 Å². The van der Waals surface area contributed by atoms with Crippen LogP contribution in [0.15, 0.2) is 48.5 Å². The number of para-hydroxylation sites is 2. The van der Waals surface area contributed by atoms with Gasteiger partial charge in [-0.05, 0) is 41.6 Å². The van der Waals surface area contributed by atoms with E-state index in [1.807, 2.05) is 72.4 Å². The quantitative estimate of drug-likeness (QED) is 0.600. The van der Waals surface area contributed by atoms with E-state index in [2.05, 4.69) is 20.3 Å². The van der Waals surface area contributed by atoms with E-state index in [0.29, 0.717) is 18.9 Å². The summed E-state index contributed by atoms with van der Waals surface area (Å²) in [5.74, 6) is 1.35. The predicted molar refractivity (Wildman–Crippen MR) is 119 cm³/mol. The van der Waals surface area contributed by atoms with Crippen molar-refractivity contribution in [3.8, 4) is 17.1 Å². The summed E-state index contributed by atoms with van der Waals surface area (Å²) in [5, 5.41) is 12.5. The maximum Gasteiger partial charge on any atom is 0.246 e. The smallest absolute Gasteiger partial charge is 0.246 e. The van der Waals surface area contributed by atoms with Crippen LogP contribution in [-0.2, 0) is 11.3 Å². The van der Waals surface area contributed by atoms with Crippen molar-refractivity contribution in [2.45, 2.75) is 6.54 Å². The molecule has 1 fully saturated rings. The van der Waals surface area contributed by atoms with Crippen LogP contribution < -0.4 is 14.5 Å². The number of hydrogen-bond donors (Lipinski definition) is 0. The molecule has 0 spiro atoms. The van der Waals surface area contributed by atoms with E-state index in [1.54, 1.807) is 7.11 Å². The monoisotopic (exact) mass is 421 g/mol. The maximum atomic E-state index is 12.7. The van der Waals surface area contributed by atoms with E-state index in [0.717, 1.165) is 35.8 Å². The Labute approximate surface area is 181 Å². The number of benzene rings is 2. The molecule has 0 atom stereocenters. The highest BCUT2D eigenvalue weighted by molar-refractivity contribution is 5.76. The van der Waals surface area contributed by atoms with E-state index in [1.165, 1.54) is 4.80 Å². The van der Waals surface area contributed by atoms with Gasteiger partial charge in [0.2, 0.25) is 11.7 Å². The Hall–Kier alpha value is -3.62. The largest absolute Gasteiger partial charge is 0.495 e. The Bertz CT molecular complexity index is 1020. The summed E-state index contributed by atoms with van der Waals surface area (Å²) in [6, 6.07) is 15.9. The van der Waals surface area contributed by atoms with E-state index in [9.17, 15) is 4.79 Å². The van der Waals surface area contributed by atoms with Crippen molar-refractivity contribution in [1.29, 1.82) is 0 Å². The fourth-order valence-electron chi connectivity index (χ4n) is 3.64. The van der Waals surface area contributed by atoms with Crippen LogP contribution in [0, 0.1) is 0 Å². The topological polar surface area (TPSA) is 79.6 Å². The Morgan fingerprint density at radius 1 is 1.03 bits per heavy atom. The molecule has 2 heterocycles. The molecule has 0 saturated carbocycles. The Morgan fingerprint density at radius 3 is 2.42 bits per heavy atom. The molecule has 2 aromatic carbocycles. The molecule has 4 rings (SSSR count). The molecule has 9 heteroatoms. The number of amides is 1. The second-order valence-electron chi connectivity index (χ2n) is 7.62. The zero-order chi connectivity index (χ0) is 21.8. The van der Waals surface area contributed by atoms with Gasteiger partial charge in [0, 0.05) is 51.5 Å². The number of nitrogens with zero attached hydrogens (tertiary/aromatic N) is 7. The molecule has 0 aliphatic carbocycles. The number of carbonyl (C=O) groups is 1. The summed E-state index contributed by atoms with van der Waals surface area (Å²) >= 11 is 0. The maximum absolute atomic E-state index is 12.7. The lowest BCUT2D eigenvalue weighted by atomic mass is 10.2. The summed E-state index contributed by atoms with van der Waals surface area (Å²) < 4.78 is 5.46. The molecule has 3 aromatic rings. The molecular formula is C22H27N7O2. The zero-order valence-electron chi connectivity index (χ0n) is 18.1. The Balaban J connectivity index is 1.34. The van der Waals surface area contributed by atoms with Crippen LogP contribution in [0.4, 0.5) is 11.4 Å². The summed E-state index contributed by atoms with van der Waals surface area (Å²) in [4.78, 5) is 20.2. The third-order valence-corrected chi connectivity index (χ3v) is 5.43. The van der Waals surface area contributed by atoms with Gasteiger partial charge in [0.1, 0.15) is 12.3 Å². The van der Waals surface area contributed by atoms with E-state index < -0.39 is 0 Å². The summed E-state index contributed by atoms with van der Waals surface area (Å²) in [7, 11) is 5.66. The number of tetrazole rings is 1. The van der Waals surface area contributed by atoms with E-state index in [-0.39, 0.29) is 12.5 Å². The van der Waals surface area contributed by atoms with Crippen LogP contribution in [0.3, 0.4) is 0 Å². The van der Waals surface area contributed by atoms with Gasteiger partial charge in [-0.25, -0.2) is 0 Å². The number of ether oxygens (including phenoxy) is 1. The average molecular weight is 422 g/mol. The van der Waals surface area contributed by atoms with Crippen LogP contribution in [0.25, 0.3) is 11.4 Å². The van der Waals surface area contributed by atoms with Gasteiger partial charge in [0.05, 0.1) is 12.8 Å². The first-order valence-electron chi connectivity index (χ1n) is 10.3. The molecule has 0 radical (unpaired) electrons. The van der Waals surface area contributed by atoms with Gasteiger partial charge in [-0.2, -0.15) is 4.80 Å². The summed E-state index contributed by atoms with van der Waals surface area (Å²) in [5.41, 5.74) is 3.02. The third-order valence-electron chi connectivity index (χ3n) is 5.43. The van der Waals surface area contributed by atoms with Crippen molar-refractivity contribution >= 4 is 17.3 Å². The van der Waals surface area contributed by atoms with Gasteiger partial charge < -0.3 is 19.4 Å². The summed E-state index contributed by atoms with van der Waals surface area (Å²) in [6.45, 7) is 2.87. The second kappa shape index (κ2) is 9.03. The highest BCUT2D eigenvalue weighted by atomic mass is 16.5. The first kappa shape index (κ1) is 20.6. The van der Waals surface area contributed by atoms with Gasteiger partial charge in [-0.1, -0.05) is 12.1 Å². The normalized spacial score (nSPS) is 13.9. The number of rotatable bonds is 6. The number of anilines is 2. The van der Waals surface area contributed by atoms with Gasteiger partial charge in [0.25, 0.3) is 0 Å². The molecule has 0 unspecified atom stereocenters. The molecule has 1 aromatic heterocycles. The number of hydrogen-bond acceptors (Lipinski definition) is 7. The van der Waals surface area contributed by atoms with Crippen LogP contribution in [0.2, 0.25) is 0 Å². The second-order valence-corrected chi connectivity index (χ2v) is 7.62. The summed E-state index contributed by atoms with van der Waals surface area (Å²) in [6.07, 6.45) is 0. The predicted octanol–water partition coefficient (Wildman–Crippen LogP) is 1.76. The lowest BCUT2D eigenvalue weighted by Crippen LogP contribution is -2.49. The van der Waals surface area contributed by atoms with Crippen molar-refractivity contribution < 1.29 is 9.53 Å². The average Bonchev–Trinajstić information content (AvgIpc) is 3.27. The molecule has 0 N–H and O–H groups in total. The minimum Gasteiger partial charge on any atom is -0.495 e. The molecular weight excluding hydrogens is 394 g/mol. The van der Waals surface area contributed by atoms with Crippen molar-refractivity contribution in [3.63, 3.8) is 0 Å².